The predicted octanol–water partition coefficient (Wildman–Crippen LogP) is 2.77. The molecule has 0 rings (SSSR count). The molecular formula is C11H18N2O. The standard InChI is InChI=1S/C11H18N2O/c1-4-5-6-7-10(9(2)3)11(14)8-13-12/h8H,4-7H2,1-3H3. The third kappa shape index (κ3) is 4.73. The average Bonchev–Trinajstić information content (AvgIpc) is 2.12. The highest BCUT2D eigenvalue weighted by Gasteiger charge is 2.11. The molecule has 0 heterocycles. The van der Waals surface area contributed by atoms with Gasteiger partial charge in [-0.25, -0.2) is 0 Å². The van der Waals surface area contributed by atoms with Crippen LogP contribution in [0, 0.1) is 0 Å². The van der Waals surface area contributed by atoms with Crippen LogP contribution in [0.2, 0.25) is 0 Å². The highest BCUT2D eigenvalue weighted by atomic mass is 16.1. The zero-order valence-corrected chi connectivity index (χ0v) is 9.21. The van der Waals surface area contributed by atoms with E-state index in [9.17, 15) is 4.79 Å². The molecule has 0 spiro atoms. The van der Waals surface area contributed by atoms with E-state index in [1.165, 1.54) is 0 Å². The fourth-order valence-corrected chi connectivity index (χ4v) is 1.30. The van der Waals surface area contributed by atoms with Crippen LogP contribution in [-0.4, -0.2) is 16.8 Å². The summed E-state index contributed by atoms with van der Waals surface area (Å²) < 4.78 is 0. The van der Waals surface area contributed by atoms with Gasteiger partial charge in [-0.1, -0.05) is 25.3 Å². The van der Waals surface area contributed by atoms with Crippen molar-refractivity contribution < 1.29 is 9.58 Å². The monoisotopic (exact) mass is 194 g/mol. The van der Waals surface area contributed by atoms with Gasteiger partial charge >= 0.3 is 6.21 Å². The summed E-state index contributed by atoms with van der Waals surface area (Å²) in [5.74, 6) is -0.177. The maximum absolute atomic E-state index is 11.4. The van der Waals surface area contributed by atoms with Crippen LogP contribution >= 0.6 is 0 Å². The Bertz CT molecular complexity index is 269. The minimum absolute atomic E-state index is 0.177. The first-order valence-corrected chi connectivity index (χ1v) is 5.01. The van der Waals surface area contributed by atoms with Gasteiger partial charge in [0.1, 0.15) is 0 Å². The molecule has 3 heteroatoms. The van der Waals surface area contributed by atoms with Crippen molar-refractivity contribution in [3.05, 3.63) is 16.7 Å². The van der Waals surface area contributed by atoms with E-state index in [-0.39, 0.29) is 5.78 Å². The number of rotatable bonds is 6. The van der Waals surface area contributed by atoms with Crippen molar-refractivity contribution in [2.24, 2.45) is 0 Å². The smallest absolute Gasteiger partial charge is 0.327 e. The first-order valence-electron chi connectivity index (χ1n) is 5.01. The van der Waals surface area contributed by atoms with Crippen molar-refractivity contribution in [1.29, 1.82) is 0 Å². The highest BCUT2D eigenvalue weighted by Crippen LogP contribution is 2.13. The number of nitrogens with zero attached hydrogens (tertiary/aromatic N) is 2. The Balaban J connectivity index is 4.40. The second kappa shape index (κ2) is 7.22. The van der Waals surface area contributed by atoms with Crippen LogP contribution in [-0.2, 0) is 4.79 Å². The van der Waals surface area contributed by atoms with Crippen LogP contribution in [0.15, 0.2) is 11.1 Å². The lowest BCUT2D eigenvalue weighted by Gasteiger charge is -2.03. The van der Waals surface area contributed by atoms with Crippen LogP contribution < -0.4 is 0 Å². The fourth-order valence-electron chi connectivity index (χ4n) is 1.30. The van der Waals surface area contributed by atoms with Crippen molar-refractivity contribution in [3.8, 4) is 0 Å². The summed E-state index contributed by atoms with van der Waals surface area (Å²) in [5.41, 5.74) is 10.0. The Morgan fingerprint density at radius 2 is 2.00 bits per heavy atom. The van der Waals surface area contributed by atoms with Crippen molar-refractivity contribution in [2.75, 3.05) is 0 Å². The van der Waals surface area contributed by atoms with Crippen molar-refractivity contribution >= 4 is 12.0 Å². The Hall–Kier alpha value is -1.21. The van der Waals surface area contributed by atoms with Crippen LogP contribution in [0.1, 0.15) is 46.5 Å². The Morgan fingerprint density at radius 1 is 1.36 bits per heavy atom. The molecule has 0 saturated carbocycles. The maximum atomic E-state index is 11.4. The molecule has 0 unspecified atom stereocenters. The van der Waals surface area contributed by atoms with Gasteiger partial charge in [0.15, 0.2) is 0 Å². The predicted molar refractivity (Wildman–Crippen MR) is 57.2 cm³/mol. The Kier molecular flexibility index (Phi) is 6.59. The summed E-state index contributed by atoms with van der Waals surface area (Å²) in [6.07, 6.45) is 5.02. The van der Waals surface area contributed by atoms with Gasteiger partial charge in [-0.3, -0.25) is 4.79 Å². The summed E-state index contributed by atoms with van der Waals surface area (Å²) in [4.78, 5) is 14.2. The molecule has 0 amide bonds. The second-order valence-corrected chi connectivity index (χ2v) is 3.54. The molecule has 3 nitrogen and oxygen atoms in total. The maximum Gasteiger partial charge on any atom is 0.327 e. The summed E-state index contributed by atoms with van der Waals surface area (Å²) in [5, 5.41) is 0. The van der Waals surface area contributed by atoms with Crippen LogP contribution in [0.5, 0.6) is 0 Å². The minimum Gasteiger partial charge on any atom is -0.361 e. The quantitative estimate of drug-likeness (QED) is 0.211. The lowest BCUT2D eigenvalue weighted by atomic mass is 10.00. The van der Waals surface area contributed by atoms with E-state index in [4.69, 9.17) is 5.53 Å². The molecule has 0 N–H and O–H groups in total. The molecule has 0 saturated heterocycles. The van der Waals surface area contributed by atoms with Crippen LogP contribution in [0.4, 0.5) is 0 Å². The SMILES string of the molecule is CCCCCC(C(=O)C=[N+]=[N-])=C(C)C. The first kappa shape index (κ1) is 12.8. The van der Waals surface area contributed by atoms with E-state index < -0.39 is 0 Å². The highest BCUT2D eigenvalue weighted by molar-refractivity contribution is 6.33. The van der Waals surface area contributed by atoms with Gasteiger partial charge in [-0.15, -0.1) is 0 Å². The number of unbranched alkanes of at least 4 members (excludes halogenated alkanes) is 2. The molecule has 0 aromatic carbocycles. The topological polar surface area (TPSA) is 53.5 Å². The van der Waals surface area contributed by atoms with Crippen LogP contribution in [0.25, 0.3) is 5.53 Å². The molecule has 0 aliphatic rings. The molecule has 0 bridgehead atoms. The minimum atomic E-state index is -0.177. The molecular weight excluding hydrogens is 176 g/mol. The van der Waals surface area contributed by atoms with E-state index in [0.717, 1.165) is 43.0 Å². The van der Waals surface area contributed by atoms with Gasteiger partial charge in [-0.2, -0.15) is 4.79 Å². The average molecular weight is 194 g/mol. The van der Waals surface area contributed by atoms with Gasteiger partial charge in [0.05, 0.1) is 0 Å². The summed E-state index contributed by atoms with van der Waals surface area (Å²) in [6, 6.07) is 0. The Labute approximate surface area is 85.4 Å². The molecule has 0 aliphatic heterocycles. The van der Waals surface area contributed by atoms with Gasteiger partial charge < -0.3 is 5.53 Å². The van der Waals surface area contributed by atoms with E-state index in [1.54, 1.807) is 0 Å². The number of carbonyl (C=O) groups excluding carboxylic acids is 1. The van der Waals surface area contributed by atoms with Crippen molar-refractivity contribution in [2.45, 2.75) is 46.5 Å². The van der Waals surface area contributed by atoms with E-state index in [0.29, 0.717) is 0 Å². The summed E-state index contributed by atoms with van der Waals surface area (Å²) in [6.45, 7) is 5.94. The zero-order chi connectivity index (χ0) is 11.0. The third-order valence-corrected chi connectivity index (χ3v) is 2.11. The van der Waals surface area contributed by atoms with Gasteiger partial charge in [0.2, 0.25) is 0 Å². The van der Waals surface area contributed by atoms with E-state index in [2.05, 4.69) is 11.7 Å². The lowest BCUT2D eigenvalue weighted by Crippen LogP contribution is -2.06. The first-order chi connectivity index (χ1) is 6.63. The van der Waals surface area contributed by atoms with Gasteiger partial charge in [-0.05, 0) is 26.7 Å². The molecule has 14 heavy (non-hydrogen) atoms. The van der Waals surface area contributed by atoms with Gasteiger partial charge in [0, 0.05) is 5.57 Å². The van der Waals surface area contributed by atoms with Crippen LogP contribution in [0.3, 0.4) is 0 Å². The number of Topliss-reactive ketones (excluding diaryl/α,β-unsaturated/α-hetero) is 1. The normalized spacial score (nSPS) is 9.07. The summed E-state index contributed by atoms with van der Waals surface area (Å²) in [7, 11) is 0. The van der Waals surface area contributed by atoms with Crippen molar-refractivity contribution in [1.82, 2.24) is 0 Å². The number of ketones is 1. The Morgan fingerprint density at radius 3 is 2.43 bits per heavy atom. The zero-order valence-electron chi connectivity index (χ0n) is 9.21. The number of carbonyl (C=O) groups is 1. The summed E-state index contributed by atoms with van der Waals surface area (Å²) >= 11 is 0. The second-order valence-electron chi connectivity index (χ2n) is 3.54. The molecule has 0 aliphatic carbocycles. The molecule has 78 valence electrons. The van der Waals surface area contributed by atoms with E-state index >= 15 is 0 Å². The molecule has 0 fully saturated rings. The lowest BCUT2D eigenvalue weighted by molar-refractivity contribution is -0.113. The number of hydrogen-bond donors (Lipinski definition) is 0. The number of hydrogen-bond acceptors (Lipinski definition) is 1. The fraction of sp³-hybridized carbons (Fsp3) is 0.636. The largest absolute Gasteiger partial charge is 0.361 e. The molecule has 0 radical (unpaired) electrons. The molecule has 0 aromatic rings. The van der Waals surface area contributed by atoms with Gasteiger partial charge in [0.25, 0.3) is 5.78 Å². The third-order valence-electron chi connectivity index (χ3n) is 2.11. The molecule has 0 atom stereocenters. The number of allylic oxidation sites excluding steroid dienone is 2. The van der Waals surface area contributed by atoms with Crippen molar-refractivity contribution in [3.63, 3.8) is 0 Å². The van der Waals surface area contributed by atoms with E-state index in [1.807, 2.05) is 13.8 Å². The molecule has 0 aromatic heterocycles.